The molecule has 6 rings (SSSR count). The lowest BCUT2D eigenvalue weighted by Crippen LogP contribution is -2.68. The topological polar surface area (TPSA) is 79.2 Å². The molecule has 2 amide bonds. The number of methoxy groups -OCH3 is 1. The van der Waals surface area contributed by atoms with Gasteiger partial charge in [0.15, 0.2) is 0 Å². The number of nitrogens with one attached hydrogen (secondary N) is 1. The van der Waals surface area contributed by atoms with E-state index in [0.29, 0.717) is 18.2 Å². The Balaban J connectivity index is 1.37. The summed E-state index contributed by atoms with van der Waals surface area (Å²) in [4.78, 5) is 17.9. The van der Waals surface area contributed by atoms with E-state index in [4.69, 9.17) is 9.47 Å². The highest BCUT2D eigenvalue weighted by Crippen LogP contribution is 2.50. The molecule has 3 aliphatic rings. The molecule has 3 aromatic rings. The summed E-state index contributed by atoms with van der Waals surface area (Å²) >= 11 is 0. The molecule has 1 atom stereocenters. The Morgan fingerprint density at radius 1 is 1.16 bits per heavy atom. The van der Waals surface area contributed by atoms with Gasteiger partial charge in [-0.2, -0.15) is 0 Å². The van der Waals surface area contributed by atoms with Crippen LogP contribution in [0.5, 0.6) is 5.75 Å². The van der Waals surface area contributed by atoms with E-state index in [0.717, 1.165) is 68.0 Å². The van der Waals surface area contributed by atoms with Crippen molar-refractivity contribution >= 4 is 22.6 Å². The van der Waals surface area contributed by atoms with Crippen molar-refractivity contribution in [1.29, 1.82) is 0 Å². The molecule has 3 aliphatic heterocycles. The minimum absolute atomic E-state index is 0.201. The van der Waals surface area contributed by atoms with Gasteiger partial charge in [0.2, 0.25) is 0 Å². The van der Waals surface area contributed by atoms with Gasteiger partial charge in [0.05, 0.1) is 25.3 Å². The third kappa shape index (κ3) is 4.22. The van der Waals surface area contributed by atoms with Crippen LogP contribution in [0.3, 0.4) is 0 Å². The molecule has 2 saturated heterocycles. The molecule has 9 heteroatoms. The summed E-state index contributed by atoms with van der Waals surface area (Å²) < 4.78 is 26.6. The molecule has 0 bridgehead atoms. The fourth-order valence-electron chi connectivity index (χ4n) is 6.79. The number of hydrogen-bond donors (Lipinski definition) is 2. The Morgan fingerprint density at radius 3 is 2.58 bits per heavy atom. The maximum Gasteiger partial charge on any atom is 0.322 e. The van der Waals surface area contributed by atoms with Crippen molar-refractivity contribution in [3.05, 3.63) is 59.5 Å². The number of halogens is 1. The number of aromatic nitrogens is 1. The number of rotatable bonds is 5. The molecule has 8 nitrogen and oxygen atoms in total. The van der Waals surface area contributed by atoms with Crippen molar-refractivity contribution < 1.29 is 23.8 Å². The molecule has 1 aromatic heterocycles. The second-order valence-electron chi connectivity index (χ2n) is 11.0. The zero-order valence-electron chi connectivity index (χ0n) is 22.0. The van der Waals surface area contributed by atoms with E-state index in [2.05, 4.69) is 20.9 Å². The van der Waals surface area contributed by atoms with Crippen LogP contribution in [-0.4, -0.2) is 78.6 Å². The Hall–Kier alpha value is -3.14. The maximum absolute atomic E-state index is 13.6. The number of ether oxygens (including phenoxy) is 2. The van der Waals surface area contributed by atoms with E-state index in [9.17, 15) is 14.3 Å². The van der Waals surface area contributed by atoms with E-state index < -0.39 is 6.04 Å². The lowest BCUT2D eigenvalue weighted by Gasteiger charge is -2.57. The van der Waals surface area contributed by atoms with Gasteiger partial charge in [0.1, 0.15) is 11.6 Å². The van der Waals surface area contributed by atoms with Gasteiger partial charge in [-0.3, -0.25) is 0 Å². The van der Waals surface area contributed by atoms with Gasteiger partial charge in [-0.05, 0) is 60.7 Å². The zero-order chi connectivity index (χ0) is 26.4. The van der Waals surface area contributed by atoms with E-state index in [-0.39, 0.29) is 23.9 Å². The second kappa shape index (κ2) is 9.87. The van der Waals surface area contributed by atoms with E-state index in [1.54, 1.807) is 24.1 Å². The monoisotopic (exact) mass is 522 g/mol. The van der Waals surface area contributed by atoms with E-state index in [1.165, 1.54) is 17.7 Å². The normalized spacial score (nSPS) is 21.4. The molecule has 202 valence electrons. The summed E-state index contributed by atoms with van der Waals surface area (Å²) in [6.07, 6.45) is 2.17. The summed E-state index contributed by atoms with van der Waals surface area (Å²) in [5, 5.41) is 14.7. The summed E-state index contributed by atoms with van der Waals surface area (Å²) in [6.45, 7) is 4.68. The van der Waals surface area contributed by atoms with Crippen molar-refractivity contribution in [1.82, 2.24) is 14.4 Å². The van der Waals surface area contributed by atoms with Gasteiger partial charge in [-0.25, -0.2) is 9.18 Å². The number of nitrogens with zero attached hydrogens (tertiary/aromatic N) is 3. The number of fused-ring (bicyclic) bond motifs is 4. The first-order chi connectivity index (χ1) is 18.4. The average molecular weight is 523 g/mol. The number of carbonyl (C=O) groups is 1. The second-order valence-corrected chi connectivity index (χ2v) is 11.0. The SMILES string of the molecule is COc1ccc2c3c(n(C)c2c1)[C@H](CO)N(C(=O)Nc1ccc(F)cc1)CC31CN(CC2CCOCC2)C1. The number of urea groups is 1. The Kier molecular flexibility index (Phi) is 6.53. The van der Waals surface area contributed by atoms with Crippen molar-refractivity contribution in [3.8, 4) is 5.75 Å². The van der Waals surface area contributed by atoms with Gasteiger partial charge in [-0.15, -0.1) is 0 Å². The third-order valence-corrected chi connectivity index (χ3v) is 8.59. The molecule has 2 aromatic carbocycles. The van der Waals surface area contributed by atoms with Crippen molar-refractivity contribution in [2.24, 2.45) is 13.0 Å². The van der Waals surface area contributed by atoms with E-state index in [1.807, 2.05) is 19.2 Å². The first-order valence-corrected chi connectivity index (χ1v) is 13.3. The lowest BCUT2D eigenvalue weighted by molar-refractivity contribution is -0.0124. The zero-order valence-corrected chi connectivity index (χ0v) is 22.0. The highest BCUT2D eigenvalue weighted by molar-refractivity contribution is 5.92. The number of amides is 2. The van der Waals surface area contributed by atoms with Crippen molar-refractivity contribution in [2.75, 3.05) is 58.4 Å². The molecule has 38 heavy (non-hydrogen) atoms. The number of aliphatic hydroxyl groups excluding tert-OH is 1. The molecule has 4 heterocycles. The van der Waals surface area contributed by atoms with Crippen LogP contribution in [-0.2, 0) is 17.2 Å². The molecular formula is C29H35FN4O4. The molecule has 0 radical (unpaired) electrons. The summed E-state index contributed by atoms with van der Waals surface area (Å²) in [7, 11) is 3.65. The minimum atomic E-state index is -0.510. The number of benzene rings is 2. The number of likely N-dealkylation sites (tertiary alicyclic amines) is 1. The predicted molar refractivity (Wildman–Crippen MR) is 143 cm³/mol. The fourth-order valence-corrected chi connectivity index (χ4v) is 6.79. The molecule has 1 spiro atoms. The van der Waals surface area contributed by atoms with Gasteiger partial charge in [0.25, 0.3) is 0 Å². The predicted octanol–water partition coefficient (Wildman–Crippen LogP) is 3.89. The Labute approximate surface area is 221 Å². The van der Waals surface area contributed by atoms with E-state index >= 15 is 0 Å². The quantitative estimate of drug-likeness (QED) is 0.532. The molecule has 2 fully saturated rings. The van der Waals surface area contributed by atoms with Crippen molar-refractivity contribution in [3.63, 3.8) is 0 Å². The summed E-state index contributed by atoms with van der Waals surface area (Å²) in [5.74, 6) is 1.04. The maximum atomic E-state index is 13.6. The Bertz CT molecular complexity index is 1330. The molecule has 0 saturated carbocycles. The Morgan fingerprint density at radius 2 is 1.89 bits per heavy atom. The van der Waals surface area contributed by atoms with Crippen LogP contribution in [0.1, 0.15) is 30.1 Å². The molecule has 0 unspecified atom stereocenters. The smallest absolute Gasteiger partial charge is 0.322 e. The van der Waals surface area contributed by atoms with Crippen molar-refractivity contribution in [2.45, 2.75) is 24.3 Å². The van der Waals surface area contributed by atoms with Gasteiger partial charge in [-0.1, -0.05) is 0 Å². The highest BCUT2D eigenvalue weighted by Gasteiger charge is 2.54. The molecular weight excluding hydrogens is 487 g/mol. The van der Waals surface area contributed by atoms with Crippen LogP contribution in [0.25, 0.3) is 10.9 Å². The first-order valence-electron chi connectivity index (χ1n) is 13.3. The molecule has 0 aliphatic carbocycles. The largest absolute Gasteiger partial charge is 0.497 e. The van der Waals surface area contributed by atoms with Gasteiger partial charge >= 0.3 is 6.03 Å². The number of hydrogen-bond acceptors (Lipinski definition) is 5. The number of aliphatic hydroxyl groups is 1. The van der Waals surface area contributed by atoms with Crippen LogP contribution in [0.15, 0.2) is 42.5 Å². The van der Waals surface area contributed by atoms with Crippen LogP contribution < -0.4 is 10.1 Å². The summed E-state index contributed by atoms with van der Waals surface area (Å²) in [5.41, 5.74) is 3.48. The first kappa shape index (κ1) is 25.2. The highest BCUT2D eigenvalue weighted by atomic mass is 19.1. The number of anilines is 1. The lowest BCUT2D eigenvalue weighted by atomic mass is 9.68. The average Bonchev–Trinajstić information content (AvgIpc) is 3.21. The van der Waals surface area contributed by atoms with Gasteiger partial charge < -0.3 is 34.3 Å². The van der Waals surface area contributed by atoms with Crippen LogP contribution in [0.4, 0.5) is 14.9 Å². The third-order valence-electron chi connectivity index (χ3n) is 8.59. The van der Waals surface area contributed by atoms with Gasteiger partial charge in [0, 0.05) is 74.7 Å². The number of aryl methyl sites for hydroxylation is 1. The standard InChI is InChI=1S/C29H35FN4O4/c1-32-24-13-22(37-2)7-8-23(24)26-27(32)25(15-35)34(28(36)31-21-5-3-20(30)4-6-21)18-29(26)16-33(17-29)14-19-9-11-38-12-10-19/h3-8,13,19,25,35H,9-12,14-18H2,1-2H3,(H,31,36)/t25-/m0/s1. The van der Waals surface area contributed by atoms with Crippen LogP contribution >= 0.6 is 0 Å². The summed E-state index contributed by atoms with van der Waals surface area (Å²) in [6, 6.07) is 11.1. The number of carbonyl (C=O) groups excluding carboxylic acids is 1. The minimum Gasteiger partial charge on any atom is -0.497 e. The molecule has 2 N–H and O–H groups in total. The van der Waals surface area contributed by atoms with Crippen LogP contribution in [0.2, 0.25) is 0 Å². The fraction of sp³-hybridized carbons (Fsp3) is 0.483. The van der Waals surface area contributed by atoms with Crippen LogP contribution in [0, 0.1) is 11.7 Å².